The van der Waals surface area contributed by atoms with Crippen LogP contribution in [-0.4, -0.2) is 16.5 Å². The average molecular weight is 269 g/mol. The lowest BCUT2D eigenvalue weighted by Gasteiger charge is -2.06. The summed E-state index contributed by atoms with van der Waals surface area (Å²) >= 11 is 3.36. The Hall–Kier alpha value is -1.36. The topological polar surface area (TPSA) is 43.6 Å². The van der Waals surface area contributed by atoms with Gasteiger partial charge in [0.1, 0.15) is 5.65 Å². The van der Waals surface area contributed by atoms with Gasteiger partial charge in [-0.2, -0.15) is 0 Å². The molecule has 5 heteroatoms. The molecule has 0 unspecified atom stereocenters. The minimum atomic E-state index is -0.187. The number of rotatable bonds is 1. The van der Waals surface area contributed by atoms with Crippen molar-refractivity contribution in [2.24, 2.45) is 0 Å². The first kappa shape index (κ1) is 10.2. The van der Waals surface area contributed by atoms with Crippen LogP contribution in [0.3, 0.4) is 0 Å². The Balaban J connectivity index is 2.93. The lowest BCUT2D eigenvalue weighted by molar-refractivity contribution is 0.405. The first-order valence-corrected chi connectivity index (χ1v) is 5.14. The van der Waals surface area contributed by atoms with E-state index < -0.39 is 0 Å². The van der Waals surface area contributed by atoms with Gasteiger partial charge in [-0.3, -0.25) is 9.20 Å². The highest BCUT2D eigenvalue weighted by molar-refractivity contribution is 9.10. The molecule has 78 valence electrons. The molecule has 0 spiro atoms. The fourth-order valence-electron chi connectivity index (χ4n) is 1.46. The Morgan fingerprint density at radius 2 is 2.20 bits per heavy atom. The first-order chi connectivity index (χ1) is 7.13. The van der Waals surface area contributed by atoms with Gasteiger partial charge in [0.2, 0.25) is 5.75 Å². The third kappa shape index (κ3) is 1.63. The van der Waals surface area contributed by atoms with E-state index in [1.165, 1.54) is 17.7 Å². The molecule has 0 saturated heterocycles. The van der Waals surface area contributed by atoms with Crippen molar-refractivity contribution < 1.29 is 4.74 Å². The van der Waals surface area contributed by atoms with E-state index in [-0.39, 0.29) is 11.3 Å². The second kappa shape index (κ2) is 3.66. The van der Waals surface area contributed by atoms with Gasteiger partial charge in [-0.1, -0.05) is 15.9 Å². The Morgan fingerprint density at radius 3 is 2.87 bits per heavy atom. The minimum Gasteiger partial charge on any atom is -0.490 e. The zero-order valence-electron chi connectivity index (χ0n) is 8.32. The molecule has 0 fully saturated rings. The zero-order chi connectivity index (χ0) is 11.0. The van der Waals surface area contributed by atoms with Crippen molar-refractivity contribution >= 4 is 21.6 Å². The number of nitrogens with zero attached hydrogens (tertiary/aromatic N) is 2. The monoisotopic (exact) mass is 268 g/mol. The van der Waals surface area contributed by atoms with Crippen molar-refractivity contribution in [3.05, 3.63) is 38.9 Å². The molecule has 2 aromatic heterocycles. The molecule has 2 rings (SSSR count). The summed E-state index contributed by atoms with van der Waals surface area (Å²) < 4.78 is 7.35. The highest BCUT2D eigenvalue weighted by Crippen LogP contribution is 2.14. The first-order valence-electron chi connectivity index (χ1n) is 4.35. The van der Waals surface area contributed by atoms with Crippen LogP contribution in [0.4, 0.5) is 0 Å². The molecule has 15 heavy (non-hydrogen) atoms. The molecule has 0 aliphatic heterocycles. The Bertz CT molecular complexity index is 577. The SMILES string of the molecule is COc1cnc2cc(Br)cc(C)n2c1=O. The van der Waals surface area contributed by atoms with Crippen molar-refractivity contribution in [2.45, 2.75) is 6.92 Å². The van der Waals surface area contributed by atoms with Crippen LogP contribution in [0.5, 0.6) is 5.75 Å². The third-order valence-electron chi connectivity index (χ3n) is 2.14. The van der Waals surface area contributed by atoms with Gasteiger partial charge >= 0.3 is 0 Å². The van der Waals surface area contributed by atoms with E-state index in [0.717, 1.165) is 10.2 Å². The second-order valence-corrected chi connectivity index (χ2v) is 4.06. The Kier molecular flexibility index (Phi) is 2.48. The van der Waals surface area contributed by atoms with Crippen LogP contribution >= 0.6 is 15.9 Å². The summed E-state index contributed by atoms with van der Waals surface area (Å²) in [6, 6.07) is 3.64. The van der Waals surface area contributed by atoms with Crippen LogP contribution < -0.4 is 10.3 Å². The number of aryl methyl sites for hydroxylation is 1. The molecule has 0 bridgehead atoms. The third-order valence-corrected chi connectivity index (χ3v) is 2.60. The summed E-state index contributed by atoms with van der Waals surface area (Å²) in [4.78, 5) is 16.0. The smallest absolute Gasteiger partial charge is 0.300 e. The van der Waals surface area contributed by atoms with Crippen molar-refractivity contribution in [3.8, 4) is 5.75 Å². The standard InChI is InChI=1S/C10H9BrN2O2/c1-6-3-7(11)4-9-12-5-8(15-2)10(14)13(6)9/h3-5H,1-2H3. The fourth-order valence-corrected chi connectivity index (χ4v) is 2.00. The minimum absolute atomic E-state index is 0.187. The van der Waals surface area contributed by atoms with Gasteiger partial charge in [-0.15, -0.1) is 0 Å². The lowest BCUT2D eigenvalue weighted by Crippen LogP contribution is -2.18. The molecule has 0 aliphatic rings. The van der Waals surface area contributed by atoms with Crippen LogP contribution in [-0.2, 0) is 0 Å². The molecule has 0 N–H and O–H groups in total. The summed E-state index contributed by atoms with van der Waals surface area (Å²) in [6.45, 7) is 1.85. The van der Waals surface area contributed by atoms with E-state index in [0.29, 0.717) is 5.65 Å². The number of aromatic nitrogens is 2. The summed E-state index contributed by atoms with van der Waals surface area (Å²) in [5.41, 5.74) is 1.23. The van der Waals surface area contributed by atoms with Gasteiger partial charge in [-0.05, 0) is 19.1 Å². The van der Waals surface area contributed by atoms with Gasteiger partial charge in [0, 0.05) is 10.2 Å². The summed E-state index contributed by atoms with van der Waals surface area (Å²) in [5, 5.41) is 0. The van der Waals surface area contributed by atoms with Crippen molar-refractivity contribution in [1.29, 1.82) is 0 Å². The number of hydrogen-bond donors (Lipinski definition) is 0. The van der Waals surface area contributed by atoms with Crippen LogP contribution in [0.2, 0.25) is 0 Å². The van der Waals surface area contributed by atoms with Gasteiger partial charge < -0.3 is 4.74 Å². The number of ether oxygens (including phenoxy) is 1. The van der Waals surface area contributed by atoms with E-state index in [9.17, 15) is 4.79 Å². The van der Waals surface area contributed by atoms with Crippen LogP contribution in [0.1, 0.15) is 5.69 Å². The molecular weight excluding hydrogens is 260 g/mol. The maximum atomic E-state index is 11.9. The lowest BCUT2D eigenvalue weighted by atomic mass is 10.3. The molecule has 4 nitrogen and oxygen atoms in total. The average Bonchev–Trinajstić information content (AvgIpc) is 2.17. The van der Waals surface area contributed by atoms with E-state index in [2.05, 4.69) is 20.9 Å². The largest absolute Gasteiger partial charge is 0.490 e. The predicted molar refractivity (Wildman–Crippen MR) is 60.5 cm³/mol. The predicted octanol–water partition coefficient (Wildman–Crippen LogP) is 1.77. The molecule has 0 aliphatic carbocycles. The Morgan fingerprint density at radius 1 is 1.47 bits per heavy atom. The number of fused-ring (bicyclic) bond motifs is 1. The fraction of sp³-hybridized carbons (Fsp3) is 0.200. The highest BCUT2D eigenvalue weighted by Gasteiger charge is 2.07. The van der Waals surface area contributed by atoms with Crippen molar-refractivity contribution in [1.82, 2.24) is 9.38 Å². The van der Waals surface area contributed by atoms with Gasteiger partial charge in [0.25, 0.3) is 5.56 Å². The Labute approximate surface area is 94.7 Å². The quantitative estimate of drug-likeness (QED) is 0.792. The van der Waals surface area contributed by atoms with E-state index in [1.807, 2.05) is 13.0 Å². The van der Waals surface area contributed by atoms with Crippen molar-refractivity contribution in [3.63, 3.8) is 0 Å². The van der Waals surface area contributed by atoms with E-state index in [1.54, 1.807) is 6.07 Å². The summed E-state index contributed by atoms with van der Waals surface area (Å²) in [5.74, 6) is 0.248. The molecule has 2 heterocycles. The van der Waals surface area contributed by atoms with Crippen molar-refractivity contribution in [2.75, 3.05) is 7.11 Å². The molecule has 0 atom stereocenters. The van der Waals surface area contributed by atoms with E-state index in [4.69, 9.17) is 4.74 Å². The number of pyridine rings is 1. The molecule has 0 radical (unpaired) electrons. The second-order valence-electron chi connectivity index (χ2n) is 3.14. The number of hydrogen-bond acceptors (Lipinski definition) is 3. The number of methoxy groups -OCH3 is 1. The number of halogens is 1. The summed E-state index contributed by atoms with van der Waals surface area (Å²) in [7, 11) is 1.46. The molecule has 2 aromatic rings. The zero-order valence-corrected chi connectivity index (χ0v) is 9.91. The van der Waals surface area contributed by atoms with Crippen LogP contribution in [0.15, 0.2) is 27.6 Å². The van der Waals surface area contributed by atoms with Gasteiger partial charge in [0.05, 0.1) is 13.3 Å². The van der Waals surface area contributed by atoms with Crippen LogP contribution in [0.25, 0.3) is 5.65 Å². The van der Waals surface area contributed by atoms with Gasteiger partial charge in [-0.25, -0.2) is 4.98 Å². The van der Waals surface area contributed by atoms with E-state index >= 15 is 0 Å². The van der Waals surface area contributed by atoms with Gasteiger partial charge in [0.15, 0.2) is 0 Å². The summed E-state index contributed by atoms with van der Waals surface area (Å²) in [6.07, 6.45) is 1.43. The van der Waals surface area contributed by atoms with Crippen LogP contribution in [0, 0.1) is 6.92 Å². The maximum Gasteiger partial charge on any atom is 0.300 e. The normalized spacial score (nSPS) is 10.6. The molecular formula is C10H9BrN2O2. The molecule has 0 amide bonds. The highest BCUT2D eigenvalue weighted by atomic mass is 79.9. The molecule has 0 saturated carbocycles. The maximum absolute atomic E-state index is 11.9. The molecule has 0 aromatic carbocycles.